The van der Waals surface area contributed by atoms with Gasteiger partial charge in [-0.15, -0.1) is 0 Å². The highest BCUT2D eigenvalue weighted by Crippen LogP contribution is 2.34. The molecule has 1 heterocycles. The van der Waals surface area contributed by atoms with Gasteiger partial charge < -0.3 is 4.98 Å². The Bertz CT molecular complexity index is 483. The van der Waals surface area contributed by atoms with Crippen molar-refractivity contribution in [3.05, 3.63) is 33.2 Å². The van der Waals surface area contributed by atoms with Gasteiger partial charge in [0.1, 0.15) is 0 Å². The minimum Gasteiger partial charge on any atom is -0.319 e. The third-order valence-corrected chi connectivity index (χ3v) is 2.95. The standard InChI is InChI=1S/C12H15NO2/c1-7-4-10(15)13-11-8(7)5-12(2,3)6-9(11)14/h4H,5-6H2,1-3H3,(H,13,15). The Hall–Kier alpha value is -1.38. The highest BCUT2D eigenvalue weighted by molar-refractivity contribution is 5.97. The molecule has 2 rings (SSSR count). The minimum atomic E-state index is -0.181. The van der Waals surface area contributed by atoms with Crippen LogP contribution in [0.5, 0.6) is 0 Å². The van der Waals surface area contributed by atoms with Crippen molar-refractivity contribution in [2.45, 2.75) is 33.6 Å². The summed E-state index contributed by atoms with van der Waals surface area (Å²) in [6.45, 7) is 6.06. The first-order valence-electron chi connectivity index (χ1n) is 5.15. The number of fused-ring (bicyclic) bond motifs is 1. The average molecular weight is 205 g/mol. The van der Waals surface area contributed by atoms with Crippen molar-refractivity contribution < 1.29 is 4.79 Å². The molecule has 0 aliphatic heterocycles. The molecular formula is C12H15NO2. The number of hydrogen-bond donors (Lipinski definition) is 1. The molecule has 0 saturated heterocycles. The Balaban J connectivity index is 2.65. The van der Waals surface area contributed by atoms with E-state index in [4.69, 9.17) is 0 Å². The molecule has 80 valence electrons. The zero-order chi connectivity index (χ0) is 11.2. The smallest absolute Gasteiger partial charge is 0.248 e. The Kier molecular flexibility index (Phi) is 2.07. The van der Waals surface area contributed by atoms with Gasteiger partial charge in [0.25, 0.3) is 0 Å². The second kappa shape index (κ2) is 3.05. The second-order valence-corrected chi connectivity index (χ2v) is 5.11. The van der Waals surface area contributed by atoms with Gasteiger partial charge in [0.05, 0.1) is 5.69 Å². The molecule has 0 spiro atoms. The predicted octanol–water partition coefficient (Wildman–Crippen LogP) is 1.84. The summed E-state index contributed by atoms with van der Waals surface area (Å²) in [7, 11) is 0. The van der Waals surface area contributed by atoms with Gasteiger partial charge in [-0.2, -0.15) is 0 Å². The molecule has 3 heteroatoms. The lowest BCUT2D eigenvalue weighted by molar-refractivity contribution is 0.0905. The van der Waals surface area contributed by atoms with Crippen LogP contribution in [0.25, 0.3) is 0 Å². The molecule has 0 unspecified atom stereocenters. The summed E-state index contributed by atoms with van der Waals surface area (Å²) in [5.74, 6) is 0.0575. The van der Waals surface area contributed by atoms with Crippen LogP contribution in [0.2, 0.25) is 0 Å². The van der Waals surface area contributed by atoms with E-state index in [0.717, 1.165) is 17.5 Å². The SMILES string of the molecule is Cc1cc(=O)[nH]c2c1CC(C)(C)CC2=O. The van der Waals surface area contributed by atoms with Crippen molar-refractivity contribution in [1.29, 1.82) is 0 Å². The molecule has 1 aromatic rings. The molecule has 1 aliphatic rings. The minimum absolute atomic E-state index is 0.00703. The predicted molar refractivity (Wildman–Crippen MR) is 58.2 cm³/mol. The third kappa shape index (κ3) is 1.74. The normalized spacial score (nSPS) is 18.7. The lowest BCUT2D eigenvalue weighted by Gasteiger charge is -2.30. The first-order valence-corrected chi connectivity index (χ1v) is 5.15. The van der Waals surface area contributed by atoms with Gasteiger partial charge >= 0.3 is 0 Å². The van der Waals surface area contributed by atoms with Gasteiger partial charge in [-0.25, -0.2) is 0 Å². The molecule has 1 aromatic heterocycles. The van der Waals surface area contributed by atoms with Gasteiger partial charge in [0.2, 0.25) is 5.56 Å². The molecule has 0 fully saturated rings. The van der Waals surface area contributed by atoms with E-state index < -0.39 is 0 Å². The van der Waals surface area contributed by atoms with Crippen molar-refractivity contribution in [2.75, 3.05) is 0 Å². The highest BCUT2D eigenvalue weighted by atomic mass is 16.1. The number of carbonyl (C=O) groups is 1. The van der Waals surface area contributed by atoms with E-state index in [-0.39, 0.29) is 16.8 Å². The summed E-state index contributed by atoms with van der Waals surface area (Å²) in [5.41, 5.74) is 2.29. The van der Waals surface area contributed by atoms with Crippen LogP contribution in [0, 0.1) is 12.3 Å². The van der Waals surface area contributed by atoms with Crippen LogP contribution in [0.4, 0.5) is 0 Å². The molecule has 0 radical (unpaired) electrons. The number of Topliss-reactive ketones (excluding diaryl/α,β-unsaturated/α-hetero) is 1. The zero-order valence-electron chi connectivity index (χ0n) is 9.31. The fourth-order valence-electron chi connectivity index (χ4n) is 2.25. The van der Waals surface area contributed by atoms with E-state index in [2.05, 4.69) is 18.8 Å². The zero-order valence-corrected chi connectivity index (χ0v) is 9.31. The van der Waals surface area contributed by atoms with Crippen LogP contribution < -0.4 is 5.56 Å². The lowest BCUT2D eigenvalue weighted by atomic mass is 9.74. The molecule has 0 amide bonds. The maximum Gasteiger partial charge on any atom is 0.248 e. The Morgan fingerprint density at radius 2 is 1.93 bits per heavy atom. The van der Waals surface area contributed by atoms with Gasteiger partial charge in [-0.3, -0.25) is 9.59 Å². The summed E-state index contributed by atoms with van der Waals surface area (Å²) in [6, 6.07) is 1.56. The summed E-state index contributed by atoms with van der Waals surface area (Å²) in [4.78, 5) is 25.7. The maximum atomic E-state index is 11.8. The van der Waals surface area contributed by atoms with E-state index in [0.29, 0.717) is 12.1 Å². The second-order valence-electron chi connectivity index (χ2n) is 5.11. The van der Waals surface area contributed by atoms with Crippen LogP contribution in [-0.4, -0.2) is 10.8 Å². The van der Waals surface area contributed by atoms with Gasteiger partial charge in [-0.1, -0.05) is 13.8 Å². The molecule has 15 heavy (non-hydrogen) atoms. The van der Waals surface area contributed by atoms with Gasteiger partial charge in [0.15, 0.2) is 5.78 Å². The number of carbonyl (C=O) groups excluding carboxylic acids is 1. The van der Waals surface area contributed by atoms with Crippen LogP contribution in [0.3, 0.4) is 0 Å². The lowest BCUT2D eigenvalue weighted by Crippen LogP contribution is -2.30. The van der Waals surface area contributed by atoms with E-state index >= 15 is 0 Å². The van der Waals surface area contributed by atoms with Crippen LogP contribution >= 0.6 is 0 Å². The van der Waals surface area contributed by atoms with Crippen molar-refractivity contribution in [2.24, 2.45) is 5.41 Å². The van der Waals surface area contributed by atoms with Crippen molar-refractivity contribution >= 4 is 5.78 Å². The Morgan fingerprint density at radius 1 is 1.27 bits per heavy atom. The molecule has 1 aliphatic carbocycles. The van der Waals surface area contributed by atoms with Crippen molar-refractivity contribution in [3.63, 3.8) is 0 Å². The number of H-pyrrole nitrogens is 1. The Labute approximate surface area is 88.5 Å². The third-order valence-electron chi connectivity index (χ3n) is 2.95. The number of aromatic amines is 1. The van der Waals surface area contributed by atoms with E-state index in [1.54, 1.807) is 6.07 Å². The van der Waals surface area contributed by atoms with Crippen LogP contribution in [-0.2, 0) is 6.42 Å². The number of nitrogens with one attached hydrogen (secondary N) is 1. The highest BCUT2D eigenvalue weighted by Gasteiger charge is 2.32. The fourth-order valence-corrected chi connectivity index (χ4v) is 2.25. The fraction of sp³-hybridized carbons (Fsp3) is 0.500. The van der Waals surface area contributed by atoms with Crippen molar-refractivity contribution in [1.82, 2.24) is 4.98 Å². The summed E-state index contributed by atoms with van der Waals surface area (Å²) in [5, 5.41) is 0. The van der Waals surface area contributed by atoms with Gasteiger partial charge in [0, 0.05) is 12.5 Å². The van der Waals surface area contributed by atoms with Crippen molar-refractivity contribution in [3.8, 4) is 0 Å². The molecule has 0 saturated carbocycles. The number of aromatic nitrogens is 1. The summed E-state index contributed by atoms with van der Waals surface area (Å²) in [6.07, 6.45) is 1.37. The quantitative estimate of drug-likeness (QED) is 0.702. The topological polar surface area (TPSA) is 49.9 Å². The number of rotatable bonds is 0. The largest absolute Gasteiger partial charge is 0.319 e. The van der Waals surface area contributed by atoms with Crippen LogP contribution in [0.1, 0.15) is 41.9 Å². The van der Waals surface area contributed by atoms with Gasteiger partial charge in [-0.05, 0) is 29.9 Å². The summed E-state index contributed by atoms with van der Waals surface area (Å²) >= 11 is 0. The van der Waals surface area contributed by atoms with E-state index in [1.165, 1.54) is 0 Å². The van der Waals surface area contributed by atoms with E-state index in [9.17, 15) is 9.59 Å². The van der Waals surface area contributed by atoms with Crippen LogP contribution in [0.15, 0.2) is 10.9 Å². The monoisotopic (exact) mass is 205 g/mol. The molecular weight excluding hydrogens is 190 g/mol. The maximum absolute atomic E-state index is 11.8. The Morgan fingerprint density at radius 3 is 2.60 bits per heavy atom. The average Bonchev–Trinajstić information content (AvgIpc) is 2.06. The first-order chi connectivity index (χ1) is 6.89. The number of hydrogen-bond acceptors (Lipinski definition) is 2. The molecule has 1 N–H and O–H groups in total. The number of pyridine rings is 1. The number of aryl methyl sites for hydroxylation is 1. The van der Waals surface area contributed by atoms with E-state index in [1.807, 2.05) is 6.92 Å². The molecule has 0 aromatic carbocycles. The number of ketones is 1. The first kappa shape index (κ1) is 10.1. The molecule has 0 atom stereocenters. The summed E-state index contributed by atoms with van der Waals surface area (Å²) < 4.78 is 0. The molecule has 0 bridgehead atoms. The molecule has 3 nitrogen and oxygen atoms in total.